The summed E-state index contributed by atoms with van der Waals surface area (Å²) in [7, 11) is 1.53. The summed E-state index contributed by atoms with van der Waals surface area (Å²) in [5.41, 5.74) is 1.15. The Hall–Kier alpha value is -3.28. The highest BCUT2D eigenvalue weighted by Crippen LogP contribution is 2.57. The van der Waals surface area contributed by atoms with Crippen molar-refractivity contribution in [3.8, 4) is 0 Å². The number of carbonyl (C=O) groups excluding carboxylic acids is 1. The molecule has 4 aliphatic carbocycles. The van der Waals surface area contributed by atoms with E-state index in [0.717, 1.165) is 31.4 Å². The zero-order chi connectivity index (χ0) is 23.4. The fraction of sp³-hybridized carbons (Fsp3) is 0.545. The molecule has 34 heavy (non-hydrogen) atoms. The number of aromatic nitrogens is 5. The number of H-pyrrole nitrogens is 1. The van der Waals surface area contributed by atoms with Crippen molar-refractivity contribution in [2.24, 2.45) is 5.92 Å². The molecule has 2 bridgehead atoms. The molecule has 3 aromatic heterocycles. The first-order chi connectivity index (χ1) is 16.4. The number of alkyl halides is 1. The fourth-order valence-electron chi connectivity index (χ4n) is 5.40. The van der Waals surface area contributed by atoms with Crippen molar-refractivity contribution in [1.29, 1.82) is 0 Å². The van der Waals surface area contributed by atoms with Gasteiger partial charge in [0.1, 0.15) is 12.3 Å². The fourth-order valence-corrected chi connectivity index (χ4v) is 5.40. The van der Waals surface area contributed by atoms with Gasteiger partial charge < -0.3 is 20.1 Å². The van der Waals surface area contributed by atoms with Gasteiger partial charge in [0, 0.05) is 36.5 Å². The summed E-state index contributed by atoms with van der Waals surface area (Å²) < 4.78 is 41.2. The van der Waals surface area contributed by atoms with Gasteiger partial charge in [0.2, 0.25) is 5.95 Å². The predicted octanol–water partition coefficient (Wildman–Crippen LogP) is 3.34. The predicted molar refractivity (Wildman–Crippen MR) is 116 cm³/mol. The zero-order valence-electron chi connectivity index (χ0n) is 18.6. The lowest BCUT2D eigenvalue weighted by Gasteiger charge is -2.61. The van der Waals surface area contributed by atoms with Gasteiger partial charge >= 0.3 is 6.09 Å². The van der Waals surface area contributed by atoms with Gasteiger partial charge in [-0.3, -0.25) is 9.50 Å². The first-order valence-electron chi connectivity index (χ1n) is 11.4. The van der Waals surface area contributed by atoms with Crippen LogP contribution in [0.2, 0.25) is 0 Å². The number of carbonyl (C=O) groups is 1. The summed E-state index contributed by atoms with van der Waals surface area (Å²) in [5, 5.41) is 13.0. The van der Waals surface area contributed by atoms with E-state index in [-0.39, 0.29) is 17.8 Å². The van der Waals surface area contributed by atoms with Gasteiger partial charge in [-0.2, -0.15) is 5.10 Å². The summed E-state index contributed by atoms with van der Waals surface area (Å²) >= 11 is 0. The molecule has 3 atom stereocenters. The van der Waals surface area contributed by atoms with Crippen molar-refractivity contribution in [3.05, 3.63) is 35.7 Å². The van der Waals surface area contributed by atoms with Crippen molar-refractivity contribution < 1.29 is 23.0 Å². The van der Waals surface area contributed by atoms with E-state index in [9.17, 15) is 9.18 Å². The average Bonchev–Trinajstić information content (AvgIpc) is 3.47. The molecule has 0 spiro atoms. The first kappa shape index (κ1) is 21.3. The maximum atomic E-state index is 15.1. The van der Waals surface area contributed by atoms with Crippen LogP contribution in [-0.4, -0.2) is 55.6 Å². The molecular weight excluding hydrogens is 448 g/mol. The van der Waals surface area contributed by atoms with Gasteiger partial charge in [0.15, 0.2) is 17.3 Å². The van der Waals surface area contributed by atoms with Crippen molar-refractivity contribution in [3.63, 3.8) is 0 Å². The van der Waals surface area contributed by atoms with Crippen LogP contribution in [0.3, 0.4) is 0 Å². The Balaban J connectivity index is 1.12. The number of fused-ring (bicyclic) bond motifs is 1. The summed E-state index contributed by atoms with van der Waals surface area (Å²) in [6, 6.07) is 1.69. The number of ether oxygens (including phenoxy) is 2. The zero-order valence-corrected chi connectivity index (χ0v) is 18.6. The maximum Gasteiger partial charge on any atom is 0.407 e. The van der Waals surface area contributed by atoms with Crippen LogP contribution in [0.5, 0.6) is 0 Å². The van der Waals surface area contributed by atoms with Gasteiger partial charge in [0.25, 0.3) is 0 Å². The second-order valence-electron chi connectivity index (χ2n) is 9.58. The molecule has 0 saturated heterocycles. The van der Waals surface area contributed by atoms with Crippen LogP contribution in [0.4, 0.5) is 25.3 Å². The number of nitrogens with one attached hydrogen (secondary N) is 3. The van der Waals surface area contributed by atoms with Crippen molar-refractivity contribution in [1.82, 2.24) is 29.9 Å². The van der Waals surface area contributed by atoms with E-state index in [2.05, 4.69) is 30.8 Å². The highest BCUT2D eigenvalue weighted by Gasteiger charge is 2.58. The minimum absolute atomic E-state index is 0.102. The van der Waals surface area contributed by atoms with Gasteiger partial charge in [-0.05, 0) is 38.0 Å². The standard InChI is InChI=1S/C22H25F2N7O3/c1-33-10-12-9-31-19(26-12)14(23)8-25-20(31)27-17-4-15(29-30-17)13-2-3-16(18(13)24)34-21(32)28-22-5-11(6-22)7-22/h4,8-9,11,13,16,18H,2-3,5-7,10H2,1H3,(H,28,32)(H2,25,27,29,30)/t11?,13-,16-,18-,22?/m0/s1. The molecule has 0 radical (unpaired) electrons. The number of hydrogen-bond acceptors (Lipinski definition) is 7. The number of methoxy groups -OCH3 is 1. The van der Waals surface area contributed by atoms with Crippen LogP contribution < -0.4 is 10.6 Å². The Morgan fingerprint density at radius 1 is 1.35 bits per heavy atom. The van der Waals surface area contributed by atoms with Gasteiger partial charge in [-0.25, -0.2) is 23.5 Å². The van der Waals surface area contributed by atoms with Gasteiger partial charge in [-0.1, -0.05) is 0 Å². The molecule has 0 aliphatic heterocycles. The van der Waals surface area contributed by atoms with Crippen molar-refractivity contribution in [2.45, 2.75) is 62.4 Å². The van der Waals surface area contributed by atoms with Gasteiger partial charge in [0.05, 0.1) is 18.5 Å². The Morgan fingerprint density at radius 2 is 2.18 bits per heavy atom. The number of amides is 1. The first-order valence-corrected chi connectivity index (χ1v) is 11.4. The number of rotatable bonds is 7. The normalized spacial score (nSPS) is 29.5. The molecule has 7 rings (SSSR count). The number of aromatic amines is 1. The number of anilines is 2. The number of imidazole rings is 1. The molecule has 0 aromatic carbocycles. The van der Waals surface area contributed by atoms with E-state index >= 15 is 4.39 Å². The molecule has 3 heterocycles. The Labute approximate surface area is 193 Å². The molecule has 1 amide bonds. The molecule has 3 N–H and O–H groups in total. The number of alkyl carbamates (subject to hydrolysis) is 1. The summed E-state index contributed by atoms with van der Waals surface area (Å²) in [6.45, 7) is 0.232. The topological polar surface area (TPSA) is 118 Å². The summed E-state index contributed by atoms with van der Waals surface area (Å²) in [6.07, 6.45) is 4.00. The Bertz CT molecular complexity index is 1230. The van der Waals surface area contributed by atoms with E-state index in [1.165, 1.54) is 11.5 Å². The molecule has 0 unspecified atom stereocenters. The van der Waals surface area contributed by atoms with Crippen LogP contribution >= 0.6 is 0 Å². The molecule has 10 nitrogen and oxygen atoms in total. The number of halogens is 2. The third-order valence-electron chi connectivity index (χ3n) is 7.19. The van der Waals surface area contributed by atoms with E-state index in [0.29, 0.717) is 36.0 Å². The Morgan fingerprint density at radius 3 is 2.91 bits per heavy atom. The monoisotopic (exact) mass is 473 g/mol. The number of nitrogens with zero attached hydrogens (tertiary/aromatic N) is 4. The third-order valence-corrected chi connectivity index (χ3v) is 7.19. The van der Waals surface area contributed by atoms with Crippen LogP contribution in [0.25, 0.3) is 5.65 Å². The van der Waals surface area contributed by atoms with E-state index < -0.39 is 30.1 Å². The van der Waals surface area contributed by atoms with E-state index in [1.54, 1.807) is 12.3 Å². The lowest BCUT2D eigenvalue weighted by atomic mass is 9.50. The highest BCUT2D eigenvalue weighted by atomic mass is 19.1. The van der Waals surface area contributed by atoms with Gasteiger partial charge in [-0.15, -0.1) is 0 Å². The lowest BCUT2D eigenvalue weighted by Crippen LogP contribution is -2.68. The third kappa shape index (κ3) is 3.56. The largest absolute Gasteiger partial charge is 0.443 e. The van der Waals surface area contributed by atoms with Crippen LogP contribution in [0.1, 0.15) is 49.4 Å². The van der Waals surface area contributed by atoms with E-state index in [1.807, 2.05) is 0 Å². The van der Waals surface area contributed by atoms with E-state index in [4.69, 9.17) is 9.47 Å². The molecule has 4 saturated carbocycles. The lowest BCUT2D eigenvalue weighted by molar-refractivity contribution is -0.0532. The van der Waals surface area contributed by atoms with Crippen LogP contribution in [-0.2, 0) is 16.1 Å². The number of hydrogen-bond donors (Lipinski definition) is 3. The Kier molecular flexibility index (Phi) is 4.94. The van der Waals surface area contributed by atoms with Crippen molar-refractivity contribution >= 4 is 23.5 Å². The van der Waals surface area contributed by atoms with Crippen molar-refractivity contribution in [2.75, 3.05) is 12.4 Å². The molecular formula is C22H25F2N7O3. The molecule has 4 fully saturated rings. The minimum atomic E-state index is -1.34. The van der Waals surface area contributed by atoms with Crippen LogP contribution in [0.15, 0.2) is 18.5 Å². The van der Waals surface area contributed by atoms with Crippen LogP contribution in [0, 0.1) is 11.7 Å². The maximum absolute atomic E-state index is 15.1. The minimum Gasteiger partial charge on any atom is -0.443 e. The summed E-state index contributed by atoms with van der Waals surface area (Å²) in [5.74, 6) is 0.398. The quantitative estimate of drug-likeness (QED) is 0.482. The second kappa shape index (κ2) is 7.90. The molecule has 180 valence electrons. The molecule has 4 aliphatic rings. The molecule has 12 heteroatoms. The average molecular weight is 473 g/mol. The smallest absolute Gasteiger partial charge is 0.407 e. The SMILES string of the molecule is COCc1cn2c(Nc3cc([C@@H]4CC[C@H](OC(=O)NC56CC(C5)C6)[C@H]4F)[nH]n3)ncc(F)c2n1. The highest BCUT2D eigenvalue weighted by molar-refractivity contribution is 5.69. The summed E-state index contributed by atoms with van der Waals surface area (Å²) in [4.78, 5) is 20.5. The second-order valence-corrected chi connectivity index (χ2v) is 9.58. The molecule has 3 aromatic rings.